The van der Waals surface area contributed by atoms with Crippen molar-refractivity contribution in [2.45, 2.75) is 0 Å². The molecule has 2 aliphatic heterocycles. The normalized spacial score (nSPS) is 12.9. The van der Waals surface area contributed by atoms with Crippen LogP contribution in [0.1, 0.15) is 0 Å². The van der Waals surface area contributed by atoms with Crippen molar-refractivity contribution in [3.8, 4) is 11.4 Å². The number of para-hydroxylation sites is 9. The summed E-state index contributed by atoms with van der Waals surface area (Å²) in [5, 5.41) is 0. The summed E-state index contributed by atoms with van der Waals surface area (Å²) >= 11 is 0. The Bertz CT molecular complexity index is 3850. The Morgan fingerprint density at radius 2 is 0.742 bits per heavy atom. The summed E-state index contributed by atoms with van der Waals surface area (Å²) in [6, 6.07) is 80.1. The van der Waals surface area contributed by atoms with Crippen LogP contribution in [0, 0.1) is 12.1 Å². The summed E-state index contributed by atoms with van der Waals surface area (Å²) in [6.45, 7) is -0.0747. The number of fused-ring (bicyclic) bond motifs is 14. The first-order valence-electron chi connectivity index (χ1n) is 22.2. The van der Waals surface area contributed by atoms with E-state index in [1.54, 1.807) is 0 Å². The van der Waals surface area contributed by atoms with Gasteiger partial charge in [0.1, 0.15) is 0 Å². The van der Waals surface area contributed by atoms with Crippen molar-refractivity contribution < 1.29 is 21.1 Å². The van der Waals surface area contributed by atoms with Gasteiger partial charge in [-0.25, -0.2) is 9.97 Å². The minimum atomic E-state index is -0.0374. The van der Waals surface area contributed by atoms with E-state index in [0.717, 1.165) is 78.4 Å². The summed E-state index contributed by atoms with van der Waals surface area (Å²) in [5.41, 5.74) is 20.8. The van der Waals surface area contributed by atoms with Crippen molar-refractivity contribution in [3.05, 3.63) is 212 Å². The predicted molar refractivity (Wildman–Crippen MR) is 267 cm³/mol. The molecule has 0 atom stereocenters. The maximum atomic E-state index is 5.26. The van der Waals surface area contributed by atoms with Crippen LogP contribution in [0.3, 0.4) is 0 Å². The van der Waals surface area contributed by atoms with Gasteiger partial charge in [0.05, 0.1) is 44.1 Å². The van der Waals surface area contributed by atoms with Gasteiger partial charge in [0.15, 0.2) is 13.4 Å². The van der Waals surface area contributed by atoms with Crippen LogP contribution in [0.2, 0.25) is 0 Å². The second-order valence-electron chi connectivity index (χ2n) is 17.2. The topological polar surface area (TPSA) is 47.7 Å². The molecule has 0 fully saturated rings. The number of hydrogen-bond donors (Lipinski definition) is 0. The van der Waals surface area contributed by atoms with E-state index in [1.165, 1.54) is 38.5 Å². The third-order valence-corrected chi connectivity index (χ3v) is 13.9. The Balaban J connectivity index is 0.00000416. The maximum Gasteiger partial charge on any atom is 2.00 e. The van der Waals surface area contributed by atoms with E-state index in [9.17, 15) is 0 Å². The van der Waals surface area contributed by atoms with Crippen molar-refractivity contribution in [1.29, 1.82) is 0 Å². The van der Waals surface area contributed by atoms with Gasteiger partial charge in [0, 0.05) is 5.69 Å². The van der Waals surface area contributed by atoms with Crippen LogP contribution in [0.25, 0.3) is 67.1 Å². The van der Waals surface area contributed by atoms with Gasteiger partial charge < -0.3 is 14.0 Å². The van der Waals surface area contributed by atoms with Crippen molar-refractivity contribution in [3.63, 3.8) is 0 Å². The Kier molecular flexibility index (Phi) is 7.99. The Morgan fingerprint density at radius 1 is 0.348 bits per heavy atom. The minimum Gasteiger partial charge on any atom is -0.360 e. The van der Waals surface area contributed by atoms with Gasteiger partial charge in [-0.2, -0.15) is 12.1 Å². The number of hydrogen-bond acceptors (Lipinski definition) is 3. The van der Waals surface area contributed by atoms with Gasteiger partial charge in [0.2, 0.25) is 11.6 Å². The zero-order valence-electron chi connectivity index (χ0n) is 35.2. The predicted octanol–water partition coefficient (Wildman–Crippen LogP) is 7.90. The number of benzene rings is 9. The summed E-state index contributed by atoms with van der Waals surface area (Å²) in [7, 11) is 0. The molecule has 308 valence electrons. The third-order valence-electron chi connectivity index (χ3n) is 13.9. The van der Waals surface area contributed by atoms with Gasteiger partial charge >= 0.3 is 21.1 Å². The van der Waals surface area contributed by atoms with E-state index < -0.39 is 0 Å². The van der Waals surface area contributed by atoms with E-state index in [-0.39, 0.29) is 34.5 Å². The SMILES string of the molecule is [Pt+2].[c-]1c(-n2c3ccccc3n3c4ccccc4nc23)ccc2c1N1c3[c-]c(-n4c5ccccc5n5c6ccccc6nc45)ccc3B(c3ccccc3)c3cccc(c31)B2c1ccccc1. The van der Waals surface area contributed by atoms with Crippen LogP contribution in [-0.4, -0.2) is 41.3 Å². The van der Waals surface area contributed by atoms with Crippen LogP contribution in [-0.2, 0) is 21.1 Å². The number of aromatic nitrogens is 6. The molecular weight excluding hydrogens is 987 g/mol. The molecule has 0 N–H and O–H groups in total. The number of anilines is 3. The van der Waals surface area contributed by atoms with Crippen LogP contribution in [0.15, 0.2) is 200 Å². The van der Waals surface area contributed by atoms with Gasteiger partial charge in [0.25, 0.3) is 0 Å². The van der Waals surface area contributed by atoms with Crippen molar-refractivity contribution in [2.24, 2.45) is 0 Å². The molecule has 0 saturated carbocycles. The van der Waals surface area contributed by atoms with Crippen LogP contribution in [0.4, 0.5) is 17.1 Å². The monoisotopic (exact) mass is 1020 g/mol. The maximum absolute atomic E-state index is 5.26. The van der Waals surface area contributed by atoms with Crippen LogP contribution in [0.5, 0.6) is 0 Å². The van der Waals surface area contributed by atoms with E-state index in [0.29, 0.717) is 0 Å². The molecule has 13 aromatic rings. The minimum absolute atomic E-state index is 0. The van der Waals surface area contributed by atoms with Gasteiger partial charge in [-0.15, -0.1) is 35.2 Å². The molecule has 10 heteroatoms. The first-order valence-corrected chi connectivity index (χ1v) is 22.2. The molecule has 0 spiro atoms. The molecule has 9 aromatic carbocycles. The molecule has 7 nitrogen and oxygen atoms in total. The molecule has 0 radical (unpaired) electrons. The van der Waals surface area contributed by atoms with E-state index in [1.807, 2.05) is 0 Å². The Morgan fingerprint density at radius 3 is 1.20 bits per heavy atom. The fourth-order valence-electron chi connectivity index (χ4n) is 11.2. The van der Waals surface area contributed by atoms with Crippen molar-refractivity contribution in [2.75, 3.05) is 4.90 Å². The molecule has 0 aliphatic carbocycles. The summed E-state index contributed by atoms with van der Waals surface area (Å²) in [6.07, 6.45) is 0. The first kappa shape index (κ1) is 37.5. The molecule has 0 bridgehead atoms. The van der Waals surface area contributed by atoms with Crippen LogP contribution >= 0.6 is 0 Å². The number of rotatable bonds is 4. The standard InChI is InChI=1S/C56H33B2N7.Pt/c1-3-16-36(17-4-1)57-40-32-30-38(61-48-26-11-13-28-50(48)64-46-24-9-7-22-44(46)59-55(61)64)34-52(40)63-53-35-39(62-49-27-12-14-29-51(49)65-47-25-10-8-23-45(47)60-56(62)65)31-33-41(53)58(37-18-5-2-6-19-37)43-21-15-20-42(57)54(43)63;/h1-33H;/q-2;+2. The Labute approximate surface area is 394 Å². The summed E-state index contributed by atoms with van der Waals surface area (Å²) in [5.74, 6) is 1.71. The van der Waals surface area contributed by atoms with Crippen molar-refractivity contribution >= 4 is 119 Å². The quantitative estimate of drug-likeness (QED) is 0.133. The van der Waals surface area contributed by atoms with E-state index >= 15 is 0 Å². The third kappa shape index (κ3) is 5.03. The largest absolute Gasteiger partial charge is 2.00 e. The molecule has 2 aliphatic rings. The fraction of sp³-hybridized carbons (Fsp3) is 0. The van der Waals surface area contributed by atoms with Crippen molar-refractivity contribution in [1.82, 2.24) is 27.9 Å². The molecular formula is C56H33B2N7Pt. The zero-order valence-corrected chi connectivity index (χ0v) is 37.4. The van der Waals surface area contributed by atoms with E-state index in [4.69, 9.17) is 9.97 Å². The smallest absolute Gasteiger partial charge is 0.360 e. The Hall–Kier alpha value is -7.86. The second-order valence-corrected chi connectivity index (χ2v) is 17.2. The number of nitrogens with zero attached hydrogens (tertiary/aromatic N) is 7. The molecule has 66 heavy (non-hydrogen) atoms. The molecule has 0 saturated heterocycles. The van der Waals surface area contributed by atoms with Gasteiger partial charge in [-0.05, 0) is 48.5 Å². The molecule has 0 unspecified atom stereocenters. The molecule has 4 aromatic heterocycles. The second kappa shape index (κ2) is 14.1. The molecule has 0 amide bonds. The van der Waals surface area contributed by atoms with Gasteiger partial charge in [-0.3, -0.25) is 8.80 Å². The zero-order chi connectivity index (χ0) is 42.3. The first-order chi connectivity index (χ1) is 32.3. The average molecular weight is 1020 g/mol. The number of imidazole rings is 4. The average Bonchev–Trinajstić information content (AvgIpc) is 4.11. The summed E-state index contributed by atoms with van der Waals surface area (Å²) in [4.78, 5) is 13.0. The van der Waals surface area contributed by atoms with Crippen LogP contribution < -0.4 is 37.7 Å². The molecule has 15 rings (SSSR count). The summed E-state index contributed by atoms with van der Waals surface area (Å²) < 4.78 is 9.11. The molecule has 6 heterocycles. The van der Waals surface area contributed by atoms with E-state index in [2.05, 4.69) is 235 Å². The van der Waals surface area contributed by atoms with Gasteiger partial charge in [-0.1, -0.05) is 172 Å². The fourth-order valence-corrected chi connectivity index (χ4v) is 11.2.